The number of aromatic nitrogens is 3. The molecule has 0 atom stereocenters. The molecule has 1 amide bonds. The second kappa shape index (κ2) is 7.24. The van der Waals surface area contributed by atoms with Gasteiger partial charge in [0.1, 0.15) is 5.82 Å². The number of hydrogen-bond donors (Lipinski definition) is 2. The average Bonchev–Trinajstić information content (AvgIpc) is 3.03. The molecular formula is C16H20ClN5O3S. The molecule has 26 heavy (non-hydrogen) atoms. The Morgan fingerprint density at radius 3 is 2.73 bits per heavy atom. The molecule has 0 bridgehead atoms. The summed E-state index contributed by atoms with van der Waals surface area (Å²) in [6, 6.07) is 4.59. The zero-order valence-corrected chi connectivity index (χ0v) is 16.1. The molecule has 1 aromatic heterocycles. The number of nitrogens with one attached hydrogen (secondary N) is 2. The molecule has 2 heterocycles. The molecule has 1 fully saturated rings. The summed E-state index contributed by atoms with van der Waals surface area (Å²) in [5, 5.41) is 9.45. The van der Waals surface area contributed by atoms with Crippen LogP contribution < -0.4 is 9.62 Å². The molecule has 8 nitrogen and oxygen atoms in total. The van der Waals surface area contributed by atoms with Crippen LogP contribution in [0.1, 0.15) is 48.8 Å². The Kier molecular flexibility index (Phi) is 5.19. The van der Waals surface area contributed by atoms with E-state index in [-0.39, 0.29) is 28.2 Å². The topological polar surface area (TPSA) is 108 Å². The first-order valence-electron chi connectivity index (χ1n) is 8.31. The van der Waals surface area contributed by atoms with Gasteiger partial charge in [0.2, 0.25) is 16.0 Å². The summed E-state index contributed by atoms with van der Waals surface area (Å²) in [5.41, 5.74) is 0.687. The number of halogens is 1. The van der Waals surface area contributed by atoms with E-state index in [4.69, 9.17) is 11.6 Å². The molecular weight excluding hydrogens is 378 g/mol. The Hall–Kier alpha value is -2.13. The van der Waals surface area contributed by atoms with Gasteiger partial charge in [0, 0.05) is 12.5 Å². The van der Waals surface area contributed by atoms with Gasteiger partial charge in [0.25, 0.3) is 5.91 Å². The monoisotopic (exact) mass is 397 g/mol. The van der Waals surface area contributed by atoms with E-state index in [1.54, 1.807) is 6.07 Å². The predicted octanol–water partition coefficient (Wildman–Crippen LogP) is 2.76. The normalized spacial score (nSPS) is 16.7. The minimum atomic E-state index is -3.33. The number of hydrogen-bond acceptors (Lipinski definition) is 5. The molecule has 1 aliphatic heterocycles. The Labute approximate surface area is 157 Å². The highest BCUT2D eigenvalue weighted by atomic mass is 35.5. The first-order chi connectivity index (χ1) is 12.3. The summed E-state index contributed by atoms with van der Waals surface area (Å²) < 4.78 is 25.7. The zero-order valence-electron chi connectivity index (χ0n) is 14.5. The second-order valence-electron chi connectivity index (χ2n) is 6.41. The van der Waals surface area contributed by atoms with Gasteiger partial charge in [-0.1, -0.05) is 25.4 Å². The first kappa shape index (κ1) is 18.7. The Balaban J connectivity index is 1.79. The van der Waals surface area contributed by atoms with Crippen LogP contribution in [-0.4, -0.2) is 41.8 Å². The summed E-state index contributed by atoms with van der Waals surface area (Å²) >= 11 is 6.23. The fraction of sp³-hybridized carbons (Fsp3) is 0.438. The van der Waals surface area contributed by atoms with Crippen molar-refractivity contribution in [3.8, 4) is 0 Å². The van der Waals surface area contributed by atoms with Crippen LogP contribution in [-0.2, 0) is 10.0 Å². The lowest BCUT2D eigenvalue weighted by molar-refractivity contribution is 0.102. The molecule has 1 aliphatic rings. The van der Waals surface area contributed by atoms with Crippen LogP contribution >= 0.6 is 11.6 Å². The van der Waals surface area contributed by atoms with Gasteiger partial charge in [-0.2, -0.15) is 4.98 Å². The van der Waals surface area contributed by atoms with Gasteiger partial charge in [-0.3, -0.25) is 19.5 Å². The number of carbonyl (C=O) groups is 1. The van der Waals surface area contributed by atoms with Crippen LogP contribution in [0.25, 0.3) is 0 Å². The van der Waals surface area contributed by atoms with Crippen molar-refractivity contribution in [1.29, 1.82) is 0 Å². The van der Waals surface area contributed by atoms with Gasteiger partial charge >= 0.3 is 0 Å². The fourth-order valence-electron chi connectivity index (χ4n) is 2.68. The van der Waals surface area contributed by atoms with Crippen molar-refractivity contribution in [2.24, 2.45) is 0 Å². The van der Waals surface area contributed by atoms with E-state index in [9.17, 15) is 13.2 Å². The van der Waals surface area contributed by atoms with Crippen molar-refractivity contribution in [1.82, 2.24) is 15.2 Å². The minimum absolute atomic E-state index is 0.121. The van der Waals surface area contributed by atoms with Crippen molar-refractivity contribution in [3.63, 3.8) is 0 Å². The quantitative estimate of drug-likeness (QED) is 0.824. The van der Waals surface area contributed by atoms with Gasteiger partial charge in [-0.25, -0.2) is 8.42 Å². The van der Waals surface area contributed by atoms with Crippen molar-refractivity contribution in [3.05, 3.63) is 34.6 Å². The number of aromatic amines is 1. The fourth-order valence-corrected chi connectivity index (χ4v) is 4.57. The maximum absolute atomic E-state index is 12.4. The third-order valence-electron chi connectivity index (χ3n) is 4.11. The number of carbonyl (C=O) groups excluding carboxylic acids is 1. The second-order valence-corrected chi connectivity index (χ2v) is 8.83. The van der Waals surface area contributed by atoms with Crippen LogP contribution in [0.5, 0.6) is 0 Å². The third kappa shape index (κ3) is 3.83. The van der Waals surface area contributed by atoms with E-state index in [2.05, 4.69) is 20.5 Å². The molecule has 3 rings (SSSR count). The number of amides is 1. The highest BCUT2D eigenvalue weighted by molar-refractivity contribution is 7.92. The summed E-state index contributed by atoms with van der Waals surface area (Å²) in [6.45, 7) is 4.33. The van der Waals surface area contributed by atoms with E-state index < -0.39 is 15.9 Å². The largest absolute Gasteiger partial charge is 0.289 e. The van der Waals surface area contributed by atoms with E-state index in [0.717, 1.165) is 6.42 Å². The van der Waals surface area contributed by atoms with E-state index in [1.807, 2.05) is 13.8 Å². The maximum Gasteiger partial charge on any atom is 0.259 e. The predicted molar refractivity (Wildman–Crippen MR) is 100 cm³/mol. The van der Waals surface area contributed by atoms with E-state index in [0.29, 0.717) is 24.5 Å². The molecule has 0 spiro atoms. The number of H-pyrrole nitrogens is 1. The van der Waals surface area contributed by atoms with Gasteiger partial charge in [0.05, 0.1) is 22.0 Å². The minimum Gasteiger partial charge on any atom is -0.289 e. The van der Waals surface area contributed by atoms with Crippen LogP contribution in [0, 0.1) is 0 Å². The lowest BCUT2D eigenvalue weighted by Gasteiger charge is -2.28. The maximum atomic E-state index is 12.4. The number of anilines is 2. The van der Waals surface area contributed by atoms with Gasteiger partial charge in [-0.15, -0.1) is 5.10 Å². The standard InChI is InChI=1S/C16H20ClN5O3S/c1-10(2)14-18-16(21-20-14)19-15(23)12-6-5-11(9-13(12)17)22-7-3-4-8-26(22,24)25/h5-6,9-10H,3-4,7-8H2,1-2H3,(H2,18,19,20,21,23). The third-order valence-corrected chi connectivity index (χ3v) is 6.29. The van der Waals surface area contributed by atoms with Gasteiger partial charge in [0.15, 0.2) is 0 Å². The van der Waals surface area contributed by atoms with Crippen LogP contribution in [0.15, 0.2) is 18.2 Å². The Morgan fingerprint density at radius 1 is 1.35 bits per heavy atom. The lowest BCUT2D eigenvalue weighted by atomic mass is 10.2. The summed E-state index contributed by atoms with van der Waals surface area (Å²) in [6.07, 6.45) is 1.45. The highest BCUT2D eigenvalue weighted by Crippen LogP contribution is 2.28. The van der Waals surface area contributed by atoms with Crippen molar-refractivity contribution < 1.29 is 13.2 Å². The SMILES string of the molecule is CC(C)c1nc(NC(=O)c2ccc(N3CCCCS3(=O)=O)cc2Cl)n[nH]1. The van der Waals surface area contributed by atoms with Crippen LogP contribution in [0.3, 0.4) is 0 Å². The zero-order chi connectivity index (χ0) is 18.9. The summed E-state index contributed by atoms with van der Waals surface area (Å²) in [4.78, 5) is 16.6. The van der Waals surface area contributed by atoms with Crippen molar-refractivity contribution >= 4 is 39.2 Å². The summed E-state index contributed by atoms with van der Waals surface area (Å²) in [5.74, 6) is 0.643. The summed E-state index contributed by atoms with van der Waals surface area (Å²) in [7, 11) is -3.33. The highest BCUT2D eigenvalue weighted by Gasteiger charge is 2.27. The van der Waals surface area contributed by atoms with E-state index >= 15 is 0 Å². The average molecular weight is 398 g/mol. The molecule has 0 saturated carbocycles. The smallest absolute Gasteiger partial charge is 0.259 e. The molecule has 140 valence electrons. The number of rotatable bonds is 4. The first-order valence-corrected chi connectivity index (χ1v) is 10.3. The van der Waals surface area contributed by atoms with Crippen molar-refractivity contribution in [2.45, 2.75) is 32.6 Å². The molecule has 1 saturated heterocycles. The molecule has 0 radical (unpaired) electrons. The molecule has 0 aliphatic carbocycles. The van der Waals surface area contributed by atoms with Crippen LogP contribution in [0.4, 0.5) is 11.6 Å². The number of benzene rings is 1. The Morgan fingerprint density at radius 2 is 2.12 bits per heavy atom. The molecule has 2 aromatic rings. The molecule has 2 N–H and O–H groups in total. The van der Waals surface area contributed by atoms with Crippen LogP contribution in [0.2, 0.25) is 5.02 Å². The number of sulfonamides is 1. The van der Waals surface area contributed by atoms with Gasteiger partial charge < -0.3 is 0 Å². The molecule has 10 heteroatoms. The van der Waals surface area contributed by atoms with E-state index in [1.165, 1.54) is 16.4 Å². The molecule has 1 aromatic carbocycles. The van der Waals surface area contributed by atoms with Crippen molar-refractivity contribution in [2.75, 3.05) is 21.9 Å². The number of nitrogens with zero attached hydrogens (tertiary/aromatic N) is 3. The lowest BCUT2D eigenvalue weighted by Crippen LogP contribution is -2.37. The van der Waals surface area contributed by atoms with Gasteiger partial charge in [-0.05, 0) is 31.0 Å². The molecule has 0 unspecified atom stereocenters. The Bertz CT molecular complexity index is 926.